The number of hydrogen-bond donors (Lipinski definition) is 0. The summed E-state index contributed by atoms with van der Waals surface area (Å²) in [5, 5.41) is 0. The molecule has 2 fully saturated rings. The van der Waals surface area contributed by atoms with Crippen LogP contribution in [0.1, 0.15) is 46.0 Å². The summed E-state index contributed by atoms with van der Waals surface area (Å²) < 4.78 is 0. The fourth-order valence-electron chi connectivity index (χ4n) is 2.23. The van der Waals surface area contributed by atoms with Crippen molar-refractivity contribution in [2.24, 2.45) is 11.8 Å². The summed E-state index contributed by atoms with van der Waals surface area (Å²) in [4.78, 5) is 2.77. The van der Waals surface area contributed by atoms with E-state index in [9.17, 15) is 0 Å². The molecule has 0 spiro atoms. The Balaban J connectivity index is 1.77. The lowest BCUT2D eigenvalue weighted by molar-refractivity contribution is 0.108. The molecular formula is C12H23N. The van der Waals surface area contributed by atoms with E-state index in [-0.39, 0.29) is 0 Å². The summed E-state index contributed by atoms with van der Waals surface area (Å²) in [6, 6.07) is 0.961. The normalized spacial score (nSPS) is 24.0. The molecule has 0 aromatic heterocycles. The van der Waals surface area contributed by atoms with Crippen molar-refractivity contribution in [3.63, 3.8) is 0 Å². The second kappa shape index (κ2) is 4.00. The Labute approximate surface area is 82.5 Å². The van der Waals surface area contributed by atoms with Gasteiger partial charge >= 0.3 is 0 Å². The lowest BCUT2D eigenvalue weighted by Gasteiger charge is -2.38. The Kier molecular flexibility index (Phi) is 2.92. The molecule has 1 heteroatoms. The zero-order valence-corrected chi connectivity index (χ0v) is 9.13. The molecule has 1 nitrogen and oxygen atoms in total. The van der Waals surface area contributed by atoms with Crippen LogP contribution >= 0.6 is 0 Å². The average Bonchev–Trinajstić information content (AvgIpc) is 2.65. The average molecular weight is 181 g/mol. The predicted octanol–water partition coefficient (Wildman–Crippen LogP) is 2.91. The van der Waals surface area contributed by atoms with Gasteiger partial charge in [0.05, 0.1) is 0 Å². The molecule has 2 aliphatic carbocycles. The van der Waals surface area contributed by atoms with Gasteiger partial charge in [-0.2, -0.15) is 0 Å². The first kappa shape index (κ1) is 9.51. The smallest absolute Gasteiger partial charge is 0.00955 e. The largest absolute Gasteiger partial charge is 0.300 e. The van der Waals surface area contributed by atoms with E-state index in [4.69, 9.17) is 0 Å². The third kappa shape index (κ3) is 2.70. The van der Waals surface area contributed by atoms with E-state index in [0.29, 0.717) is 0 Å². The summed E-state index contributed by atoms with van der Waals surface area (Å²) in [7, 11) is 0. The van der Waals surface area contributed by atoms with Crippen LogP contribution in [0.4, 0.5) is 0 Å². The topological polar surface area (TPSA) is 3.24 Å². The van der Waals surface area contributed by atoms with Crippen LogP contribution in [-0.2, 0) is 0 Å². The maximum Gasteiger partial charge on any atom is 0.00955 e. The lowest BCUT2D eigenvalue weighted by atomic mass is 9.90. The summed E-state index contributed by atoms with van der Waals surface area (Å²) in [5.74, 6) is 1.92. The molecule has 13 heavy (non-hydrogen) atoms. The Hall–Kier alpha value is -0.0400. The molecule has 0 bridgehead atoms. The van der Waals surface area contributed by atoms with Crippen LogP contribution < -0.4 is 0 Å². The van der Waals surface area contributed by atoms with Gasteiger partial charge in [-0.1, -0.05) is 20.3 Å². The van der Waals surface area contributed by atoms with Crippen LogP contribution in [0.2, 0.25) is 0 Å². The predicted molar refractivity (Wildman–Crippen MR) is 56.8 cm³/mol. The van der Waals surface area contributed by atoms with E-state index < -0.39 is 0 Å². The molecule has 2 aliphatic rings. The van der Waals surface area contributed by atoms with Gasteiger partial charge in [0.1, 0.15) is 0 Å². The van der Waals surface area contributed by atoms with E-state index in [1.54, 1.807) is 0 Å². The number of rotatable bonds is 5. The van der Waals surface area contributed by atoms with Gasteiger partial charge in [-0.15, -0.1) is 0 Å². The van der Waals surface area contributed by atoms with Crippen LogP contribution in [0.25, 0.3) is 0 Å². The van der Waals surface area contributed by atoms with Crippen LogP contribution in [0.3, 0.4) is 0 Å². The molecule has 0 N–H and O–H groups in total. The van der Waals surface area contributed by atoms with Crippen LogP contribution in [-0.4, -0.2) is 24.0 Å². The van der Waals surface area contributed by atoms with Crippen molar-refractivity contribution in [1.82, 2.24) is 4.90 Å². The fourth-order valence-corrected chi connectivity index (χ4v) is 2.23. The first-order chi connectivity index (χ1) is 6.25. The van der Waals surface area contributed by atoms with E-state index in [0.717, 1.165) is 17.9 Å². The van der Waals surface area contributed by atoms with Crippen LogP contribution in [0.5, 0.6) is 0 Å². The van der Waals surface area contributed by atoms with Crippen molar-refractivity contribution in [2.45, 2.75) is 52.0 Å². The molecule has 76 valence electrons. The molecule has 0 aliphatic heterocycles. The molecule has 0 unspecified atom stereocenters. The molecule has 0 heterocycles. The molecule has 0 radical (unpaired) electrons. The van der Waals surface area contributed by atoms with Crippen molar-refractivity contribution >= 4 is 0 Å². The van der Waals surface area contributed by atoms with Crippen molar-refractivity contribution in [2.75, 3.05) is 13.1 Å². The van der Waals surface area contributed by atoms with Gasteiger partial charge in [0.2, 0.25) is 0 Å². The Morgan fingerprint density at radius 3 is 2.23 bits per heavy atom. The van der Waals surface area contributed by atoms with E-state index in [1.165, 1.54) is 45.2 Å². The van der Waals surface area contributed by atoms with Gasteiger partial charge in [0.15, 0.2) is 0 Å². The number of hydrogen-bond acceptors (Lipinski definition) is 1. The summed E-state index contributed by atoms with van der Waals surface area (Å²) in [5.41, 5.74) is 0. The first-order valence-electron chi connectivity index (χ1n) is 5.99. The highest BCUT2D eigenvalue weighted by Crippen LogP contribution is 2.33. The summed E-state index contributed by atoms with van der Waals surface area (Å²) in [6.07, 6.45) is 7.42. The van der Waals surface area contributed by atoms with Crippen molar-refractivity contribution in [3.05, 3.63) is 0 Å². The zero-order valence-electron chi connectivity index (χ0n) is 9.13. The Bertz CT molecular complexity index is 153. The highest BCUT2D eigenvalue weighted by atomic mass is 15.2. The van der Waals surface area contributed by atoms with Gasteiger partial charge < -0.3 is 0 Å². The van der Waals surface area contributed by atoms with Gasteiger partial charge in [0, 0.05) is 19.1 Å². The second-order valence-electron chi connectivity index (χ2n) is 5.38. The molecule has 0 amide bonds. The van der Waals surface area contributed by atoms with Gasteiger partial charge in [-0.05, 0) is 37.5 Å². The molecule has 2 rings (SSSR count). The fraction of sp³-hybridized carbons (Fsp3) is 1.00. The van der Waals surface area contributed by atoms with Crippen molar-refractivity contribution in [1.29, 1.82) is 0 Å². The van der Waals surface area contributed by atoms with Gasteiger partial charge in [0.25, 0.3) is 0 Å². The SMILES string of the molecule is CC(C)CN(CC1CC1)C1CCC1. The van der Waals surface area contributed by atoms with Crippen molar-refractivity contribution < 1.29 is 0 Å². The molecule has 2 saturated carbocycles. The minimum atomic E-state index is 0.847. The highest BCUT2D eigenvalue weighted by molar-refractivity contribution is 4.85. The third-order valence-corrected chi connectivity index (χ3v) is 3.38. The molecule has 0 saturated heterocycles. The number of nitrogens with zero attached hydrogens (tertiary/aromatic N) is 1. The van der Waals surface area contributed by atoms with E-state index in [1.807, 2.05) is 0 Å². The highest BCUT2D eigenvalue weighted by Gasteiger charge is 2.30. The third-order valence-electron chi connectivity index (χ3n) is 3.38. The summed E-state index contributed by atoms with van der Waals surface area (Å²) >= 11 is 0. The molecular weight excluding hydrogens is 158 g/mol. The lowest BCUT2D eigenvalue weighted by Crippen LogP contribution is -2.43. The molecule has 0 aromatic rings. The molecule has 0 aromatic carbocycles. The monoisotopic (exact) mass is 181 g/mol. The second-order valence-corrected chi connectivity index (χ2v) is 5.38. The van der Waals surface area contributed by atoms with Crippen LogP contribution in [0.15, 0.2) is 0 Å². The Morgan fingerprint density at radius 2 is 1.85 bits per heavy atom. The van der Waals surface area contributed by atoms with E-state index in [2.05, 4.69) is 18.7 Å². The quantitative estimate of drug-likeness (QED) is 0.630. The van der Waals surface area contributed by atoms with Crippen LogP contribution in [0, 0.1) is 11.8 Å². The first-order valence-corrected chi connectivity index (χ1v) is 5.99. The van der Waals surface area contributed by atoms with Gasteiger partial charge in [-0.25, -0.2) is 0 Å². The maximum atomic E-state index is 2.77. The van der Waals surface area contributed by atoms with Gasteiger partial charge in [-0.3, -0.25) is 4.90 Å². The minimum absolute atomic E-state index is 0.847. The summed E-state index contributed by atoms with van der Waals surface area (Å²) in [6.45, 7) is 7.43. The maximum absolute atomic E-state index is 2.77. The standard InChI is InChI=1S/C12H23N/c1-10(2)8-13(9-11-6-7-11)12-4-3-5-12/h10-12H,3-9H2,1-2H3. The molecule has 0 atom stereocenters. The van der Waals surface area contributed by atoms with E-state index >= 15 is 0 Å². The van der Waals surface area contributed by atoms with Crippen molar-refractivity contribution in [3.8, 4) is 0 Å². The Morgan fingerprint density at radius 1 is 1.15 bits per heavy atom. The zero-order chi connectivity index (χ0) is 9.26. The minimum Gasteiger partial charge on any atom is -0.300 e.